The third-order valence-corrected chi connectivity index (χ3v) is 3.01. The van der Waals surface area contributed by atoms with E-state index in [9.17, 15) is 4.79 Å². The van der Waals surface area contributed by atoms with Gasteiger partial charge in [0.25, 0.3) is 0 Å². The summed E-state index contributed by atoms with van der Waals surface area (Å²) in [7, 11) is 0. The average Bonchev–Trinajstić information content (AvgIpc) is 2.68. The fourth-order valence-electron chi connectivity index (χ4n) is 1.45. The van der Waals surface area contributed by atoms with E-state index >= 15 is 0 Å². The minimum absolute atomic E-state index is 0.458. The van der Waals surface area contributed by atoms with Crippen LogP contribution in [0.15, 0.2) is 45.3 Å². The molecule has 2 rings (SSSR count). The molecule has 0 radical (unpaired) electrons. The molecule has 0 fully saturated rings. The Morgan fingerprint density at radius 2 is 2.17 bits per heavy atom. The van der Waals surface area contributed by atoms with E-state index in [1.807, 2.05) is 12.1 Å². The van der Waals surface area contributed by atoms with Crippen LogP contribution in [0.25, 0.3) is 17.4 Å². The van der Waals surface area contributed by atoms with Crippen molar-refractivity contribution in [2.24, 2.45) is 0 Å². The normalized spacial score (nSPS) is 11.0. The van der Waals surface area contributed by atoms with Crippen LogP contribution in [-0.4, -0.2) is 11.1 Å². The largest absolute Gasteiger partial charge is 0.478 e. The third-order valence-electron chi connectivity index (χ3n) is 2.18. The molecule has 0 saturated carbocycles. The Kier molecular flexibility index (Phi) is 3.89. The van der Waals surface area contributed by atoms with Gasteiger partial charge in [0.2, 0.25) is 0 Å². The van der Waals surface area contributed by atoms with Crippen molar-refractivity contribution in [2.75, 3.05) is 0 Å². The molecule has 0 aliphatic rings. The van der Waals surface area contributed by atoms with E-state index in [4.69, 9.17) is 21.1 Å². The number of benzene rings is 1. The van der Waals surface area contributed by atoms with Gasteiger partial charge in [-0.3, -0.25) is 0 Å². The summed E-state index contributed by atoms with van der Waals surface area (Å²) < 4.78 is 6.30. The summed E-state index contributed by atoms with van der Waals surface area (Å²) in [5.74, 6) is 0.0496. The maximum Gasteiger partial charge on any atom is 0.328 e. The van der Waals surface area contributed by atoms with Gasteiger partial charge in [0.05, 0.1) is 4.47 Å². The number of hydrogen-bond donors (Lipinski definition) is 1. The van der Waals surface area contributed by atoms with Gasteiger partial charge >= 0.3 is 5.97 Å². The zero-order valence-electron chi connectivity index (χ0n) is 9.06. The fraction of sp³-hybridized carbons (Fsp3) is 0. The maximum absolute atomic E-state index is 10.4. The Balaban J connectivity index is 2.38. The Labute approximate surface area is 117 Å². The van der Waals surface area contributed by atoms with Crippen LogP contribution in [0.2, 0.25) is 5.02 Å². The number of aliphatic carboxylic acids is 1. The van der Waals surface area contributed by atoms with Gasteiger partial charge in [-0.1, -0.05) is 23.7 Å². The molecule has 1 aromatic heterocycles. The van der Waals surface area contributed by atoms with Gasteiger partial charge < -0.3 is 9.52 Å². The van der Waals surface area contributed by atoms with Gasteiger partial charge in [-0.15, -0.1) is 0 Å². The Hall–Kier alpha value is -1.52. The second kappa shape index (κ2) is 5.42. The number of halogens is 2. The van der Waals surface area contributed by atoms with Gasteiger partial charge in [-0.2, -0.15) is 0 Å². The number of carbonyl (C=O) groups is 1. The highest BCUT2D eigenvalue weighted by Gasteiger charge is 2.10. The van der Waals surface area contributed by atoms with E-state index in [1.165, 1.54) is 6.08 Å². The second-order valence-corrected chi connectivity index (χ2v) is 4.80. The molecule has 1 aromatic carbocycles. The lowest BCUT2D eigenvalue weighted by Gasteiger charge is -1.98. The first-order valence-corrected chi connectivity index (χ1v) is 6.19. The van der Waals surface area contributed by atoms with Crippen LogP contribution >= 0.6 is 27.5 Å². The van der Waals surface area contributed by atoms with Gasteiger partial charge in [-0.05, 0) is 40.2 Å². The van der Waals surface area contributed by atoms with Crippen molar-refractivity contribution in [3.63, 3.8) is 0 Å². The molecule has 0 bridgehead atoms. The van der Waals surface area contributed by atoms with Gasteiger partial charge in [0.15, 0.2) is 0 Å². The van der Waals surface area contributed by atoms with Crippen molar-refractivity contribution in [3.8, 4) is 11.3 Å². The molecule has 92 valence electrons. The standard InChI is InChI=1S/C13H8BrClO3/c14-11-7-10(4-5-12(16)17)18-13(11)8-2-1-3-9(15)6-8/h1-7H,(H,16,17)/b5-4+. The summed E-state index contributed by atoms with van der Waals surface area (Å²) in [4.78, 5) is 10.4. The van der Waals surface area contributed by atoms with E-state index in [0.29, 0.717) is 16.5 Å². The van der Waals surface area contributed by atoms with Crippen molar-refractivity contribution in [2.45, 2.75) is 0 Å². The summed E-state index contributed by atoms with van der Waals surface area (Å²) in [5, 5.41) is 9.16. The Bertz CT molecular complexity index is 616. The molecule has 0 unspecified atom stereocenters. The predicted molar refractivity (Wildman–Crippen MR) is 73.5 cm³/mol. The highest BCUT2D eigenvalue weighted by atomic mass is 79.9. The summed E-state index contributed by atoms with van der Waals surface area (Å²) in [6.45, 7) is 0. The lowest BCUT2D eigenvalue weighted by Crippen LogP contribution is -1.84. The zero-order chi connectivity index (χ0) is 13.1. The molecule has 0 atom stereocenters. The minimum atomic E-state index is -1.02. The Morgan fingerprint density at radius 1 is 1.39 bits per heavy atom. The fourth-order valence-corrected chi connectivity index (χ4v) is 2.17. The van der Waals surface area contributed by atoms with Gasteiger partial charge in [-0.25, -0.2) is 4.79 Å². The van der Waals surface area contributed by atoms with Crippen LogP contribution in [0.4, 0.5) is 0 Å². The SMILES string of the molecule is O=C(O)/C=C/c1cc(Br)c(-c2cccc(Cl)c2)o1. The van der Waals surface area contributed by atoms with Crippen LogP contribution in [0.5, 0.6) is 0 Å². The third kappa shape index (κ3) is 3.03. The molecular formula is C13H8BrClO3. The second-order valence-electron chi connectivity index (χ2n) is 3.51. The molecule has 0 spiro atoms. The molecule has 3 nitrogen and oxygen atoms in total. The van der Waals surface area contributed by atoms with Gasteiger partial charge in [0, 0.05) is 16.7 Å². The molecule has 0 saturated heterocycles. The molecule has 0 aliphatic heterocycles. The molecule has 5 heteroatoms. The number of furan rings is 1. The van der Waals surface area contributed by atoms with Crippen molar-refractivity contribution >= 4 is 39.6 Å². The molecular weight excluding hydrogens is 319 g/mol. The van der Waals surface area contributed by atoms with Crippen molar-refractivity contribution < 1.29 is 14.3 Å². The quantitative estimate of drug-likeness (QED) is 0.847. The summed E-state index contributed by atoms with van der Waals surface area (Å²) >= 11 is 9.28. The number of carboxylic acid groups (broad SMARTS) is 1. The molecule has 1 N–H and O–H groups in total. The predicted octanol–water partition coefficient (Wildman–Crippen LogP) is 4.46. The Morgan fingerprint density at radius 3 is 2.83 bits per heavy atom. The van der Waals surface area contributed by atoms with Crippen LogP contribution in [0.3, 0.4) is 0 Å². The lowest BCUT2D eigenvalue weighted by atomic mass is 10.2. The van der Waals surface area contributed by atoms with Crippen LogP contribution in [0.1, 0.15) is 5.76 Å². The molecule has 18 heavy (non-hydrogen) atoms. The summed E-state index contributed by atoms with van der Waals surface area (Å²) in [6, 6.07) is 8.93. The maximum atomic E-state index is 10.4. The minimum Gasteiger partial charge on any atom is -0.478 e. The monoisotopic (exact) mass is 326 g/mol. The number of rotatable bonds is 3. The molecule has 1 heterocycles. The topological polar surface area (TPSA) is 50.4 Å². The smallest absolute Gasteiger partial charge is 0.328 e. The average molecular weight is 328 g/mol. The summed E-state index contributed by atoms with van der Waals surface area (Å²) in [5.41, 5.74) is 0.823. The van der Waals surface area contributed by atoms with E-state index in [1.54, 1.807) is 18.2 Å². The van der Waals surface area contributed by atoms with E-state index in [0.717, 1.165) is 16.1 Å². The van der Waals surface area contributed by atoms with Crippen molar-refractivity contribution in [1.29, 1.82) is 0 Å². The molecule has 0 aliphatic carbocycles. The first-order chi connectivity index (χ1) is 8.56. The lowest BCUT2D eigenvalue weighted by molar-refractivity contribution is -0.131. The van der Waals surface area contributed by atoms with Crippen LogP contribution in [0, 0.1) is 0 Å². The summed E-state index contributed by atoms with van der Waals surface area (Å²) in [6.07, 6.45) is 2.41. The zero-order valence-corrected chi connectivity index (χ0v) is 11.4. The first-order valence-electron chi connectivity index (χ1n) is 5.02. The van der Waals surface area contributed by atoms with E-state index in [2.05, 4.69) is 15.9 Å². The number of hydrogen-bond acceptors (Lipinski definition) is 2. The molecule has 0 amide bonds. The van der Waals surface area contributed by atoms with Gasteiger partial charge in [0.1, 0.15) is 11.5 Å². The van der Waals surface area contributed by atoms with Crippen LogP contribution < -0.4 is 0 Å². The van der Waals surface area contributed by atoms with E-state index in [-0.39, 0.29) is 0 Å². The van der Waals surface area contributed by atoms with Crippen LogP contribution in [-0.2, 0) is 4.79 Å². The number of carboxylic acids is 1. The highest BCUT2D eigenvalue weighted by Crippen LogP contribution is 2.33. The first kappa shape index (κ1) is 12.9. The molecule has 2 aromatic rings. The van der Waals surface area contributed by atoms with E-state index < -0.39 is 5.97 Å². The highest BCUT2D eigenvalue weighted by molar-refractivity contribution is 9.10. The van der Waals surface area contributed by atoms with Crippen molar-refractivity contribution in [1.82, 2.24) is 0 Å². The van der Waals surface area contributed by atoms with Crippen molar-refractivity contribution in [3.05, 3.63) is 51.7 Å².